The van der Waals surface area contributed by atoms with Gasteiger partial charge in [-0.05, 0) is 25.2 Å². The van der Waals surface area contributed by atoms with Gasteiger partial charge in [0.1, 0.15) is 0 Å². The number of nitrogens with one attached hydrogen (secondary N) is 1. The van der Waals surface area contributed by atoms with Crippen LogP contribution in [0.2, 0.25) is 0 Å². The van der Waals surface area contributed by atoms with Gasteiger partial charge in [0, 0.05) is 25.3 Å². The molecule has 4 heteroatoms. The Hall–Kier alpha value is -0.900. The maximum atomic E-state index is 4.16. The van der Waals surface area contributed by atoms with Crippen LogP contribution in [0.25, 0.3) is 0 Å². The van der Waals surface area contributed by atoms with Gasteiger partial charge >= 0.3 is 0 Å². The molecule has 0 aliphatic heterocycles. The Morgan fingerprint density at radius 2 is 2.20 bits per heavy atom. The Labute approximate surface area is 90.0 Å². The molecule has 0 spiro atoms. The van der Waals surface area contributed by atoms with Crippen LogP contribution in [0.3, 0.4) is 0 Å². The van der Waals surface area contributed by atoms with Crippen LogP contribution < -0.4 is 5.32 Å². The molecule has 1 aromatic rings. The highest BCUT2D eigenvalue weighted by Gasteiger charge is 2.21. The molecule has 1 N–H and O–H groups in total. The van der Waals surface area contributed by atoms with E-state index in [4.69, 9.17) is 0 Å². The van der Waals surface area contributed by atoms with Gasteiger partial charge in [-0.1, -0.05) is 18.1 Å². The van der Waals surface area contributed by atoms with Crippen molar-refractivity contribution in [1.29, 1.82) is 0 Å². The molecule has 2 saturated carbocycles. The molecular weight excluding hydrogens is 188 g/mol. The zero-order valence-corrected chi connectivity index (χ0v) is 9.02. The van der Waals surface area contributed by atoms with Crippen molar-refractivity contribution in [2.75, 3.05) is 0 Å². The van der Waals surface area contributed by atoms with Crippen molar-refractivity contribution >= 4 is 0 Å². The van der Waals surface area contributed by atoms with E-state index in [1.807, 2.05) is 4.68 Å². The molecule has 3 rings (SSSR count). The molecule has 2 aliphatic carbocycles. The summed E-state index contributed by atoms with van der Waals surface area (Å²) in [5.41, 5.74) is 1.08. The number of aryl methyl sites for hydroxylation is 1. The number of rotatable bonds is 6. The second-order valence-electron chi connectivity index (χ2n) is 4.86. The van der Waals surface area contributed by atoms with Crippen LogP contribution in [0.4, 0.5) is 0 Å². The average Bonchev–Trinajstić information content (AvgIpc) is 3.14. The fraction of sp³-hybridized carbons (Fsp3) is 0.818. The summed E-state index contributed by atoms with van der Waals surface area (Å²) in [6.07, 6.45) is 8.86. The normalized spacial score (nSPS) is 20.8. The van der Waals surface area contributed by atoms with E-state index in [0.717, 1.165) is 30.7 Å². The Morgan fingerprint density at radius 1 is 1.33 bits per heavy atom. The summed E-state index contributed by atoms with van der Waals surface area (Å²) in [6, 6.07) is 0.751. The quantitative estimate of drug-likeness (QED) is 0.763. The standard InChI is InChI=1S/C11H18N4/c1-2-9(1)5-6-15-8-11(13-14-15)7-12-10-3-4-10/h8-10,12H,1-7H2. The average molecular weight is 206 g/mol. The summed E-state index contributed by atoms with van der Waals surface area (Å²) in [5, 5.41) is 11.8. The Morgan fingerprint density at radius 3 is 2.93 bits per heavy atom. The first-order valence-corrected chi connectivity index (χ1v) is 6.02. The van der Waals surface area contributed by atoms with Gasteiger partial charge in [-0.3, -0.25) is 4.68 Å². The van der Waals surface area contributed by atoms with E-state index in [1.165, 1.54) is 32.1 Å². The number of nitrogens with zero attached hydrogens (tertiary/aromatic N) is 3. The van der Waals surface area contributed by atoms with Gasteiger partial charge in [0.25, 0.3) is 0 Å². The van der Waals surface area contributed by atoms with Crippen molar-refractivity contribution in [3.8, 4) is 0 Å². The topological polar surface area (TPSA) is 42.7 Å². The Balaban J connectivity index is 1.45. The van der Waals surface area contributed by atoms with Crippen molar-refractivity contribution < 1.29 is 0 Å². The van der Waals surface area contributed by atoms with Crippen LogP contribution in [0.5, 0.6) is 0 Å². The van der Waals surface area contributed by atoms with E-state index in [1.54, 1.807) is 0 Å². The summed E-state index contributed by atoms with van der Waals surface area (Å²) in [6.45, 7) is 1.93. The summed E-state index contributed by atoms with van der Waals surface area (Å²) in [4.78, 5) is 0. The number of hydrogen-bond donors (Lipinski definition) is 1. The van der Waals surface area contributed by atoms with E-state index < -0.39 is 0 Å². The van der Waals surface area contributed by atoms with Gasteiger partial charge < -0.3 is 5.32 Å². The molecular formula is C11H18N4. The molecule has 2 fully saturated rings. The second-order valence-corrected chi connectivity index (χ2v) is 4.86. The van der Waals surface area contributed by atoms with Crippen LogP contribution in [0, 0.1) is 5.92 Å². The van der Waals surface area contributed by atoms with E-state index in [2.05, 4.69) is 21.8 Å². The molecule has 2 aliphatic rings. The van der Waals surface area contributed by atoms with Crippen LogP contribution in [-0.2, 0) is 13.1 Å². The number of aromatic nitrogens is 3. The molecule has 15 heavy (non-hydrogen) atoms. The lowest BCUT2D eigenvalue weighted by atomic mass is 10.3. The summed E-state index contributed by atoms with van der Waals surface area (Å²) in [5.74, 6) is 0.974. The zero-order valence-electron chi connectivity index (χ0n) is 9.02. The van der Waals surface area contributed by atoms with Gasteiger partial charge in [-0.15, -0.1) is 5.10 Å². The predicted octanol–water partition coefficient (Wildman–Crippen LogP) is 1.33. The molecule has 0 atom stereocenters. The Bertz CT molecular complexity index is 295. The molecule has 1 heterocycles. The third-order valence-corrected chi connectivity index (χ3v) is 3.20. The SMILES string of the molecule is c1c(CNC2CC2)nnn1CCC1CC1. The maximum Gasteiger partial charge on any atom is 0.0964 e. The first-order valence-electron chi connectivity index (χ1n) is 6.02. The fourth-order valence-corrected chi connectivity index (χ4v) is 1.79. The highest BCUT2D eigenvalue weighted by Crippen LogP contribution is 2.32. The highest BCUT2D eigenvalue weighted by molar-refractivity contribution is 4.94. The van der Waals surface area contributed by atoms with Crippen LogP contribution in [-0.4, -0.2) is 21.0 Å². The molecule has 1 aromatic heterocycles. The molecule has 4 nitrogen and oxygen atoms in total. The van der Waals surface area contributed by atoms with Crippen LogP contribution >= 0.6 is 0 Å². The summed E-state index contributed by atoms with van der Waals surface area (Å²) in [7, 11) is 0. The fourth-order valence-electron chi connectivity index (χ4n) is 1.79. The van der Waals surface area contributed by atoms with Crippen molar-refractivity contribution in [2.45, 2.75) is 51.2 Å². The third kappa shape index (κ3) is 2.78. The lowest BCUT2D eigenvalue weighted by Crippen LogP contribution is -2.15. The van der Waals surface area contributed by atoms with Crippen LogP contribution in [0.1, 0.15) is 37.8 Å². The molecule has 0 unspecified atom stereocenters. The zero-order chi connectivity index (χ0) is 10.1. The van der Waals surface area contributed by atoms with Crippen molar-refractivity contribution in [1.82, 2.24) is 20.3 Å². The van der Waals surface area contributed by atoms with Crippen molar-refractivity contribution in [3.05, 3.63) is 11.9 Å². The molecule has 0 bridgehead atoms. The summed E-state index contributed by atoms with van der Waals surface area (Å²) < 4.78 is 1.99. The summed E-state index contributed by atoms with van der Waals surface area (Å²) >= 11 is 0. The van der Waals surface area contributed by atoms with Gasteiger partial charge in [0.05, 0.1) is 5.69 Å². The van der Waals surface area contributed by atoms with Gasteiger partial charge in [0.2, 0.25) is 0 Å². The molecule has 0 aromatic carbocycles. The van der Waals surface area contributed by atoms with E-state index in [0.29, 0.717) is 0 Å². The van der Waals surface area contributed by atoms with Crippen molar-refractivity contribution in [3.63, 3.8) is 0 Å². The maximum absolute atomic E-state index is 4.16. The third-order valence-electron chi connectivity index (χ3n) is 3.20. The minimum atomic E-state index is 0.751. The van der Waals surface area contributed by atoms with Crippen molar-refractivity contribution in [2.24, 2.45) is 5.92 Å². The molecule has 0 amide bonds. The highest BCUT2D eigenvalue weighted by atomic mass is 15.4. The van der Waals surface area contributed by atoms with Gasteiger partial charge in [-0.25, -0.2) is 0 Å². The lowest BCUT2D eigenvalue weighted by Gasteiger charge is -1.98. The Kier molecular flexibility index (Phi) is 2.44. The monoisotopic (exact) mass is 206 g/mol. The minimum absolute atomic E-state index is 0.751. The lowest BCUT2D eigenvalue weighted by molar-refractivity contribution is 0.531. The van der Waals surface area contributed by atoms with E-state index in [9.17, 15) is 0 Å². The first-order chi connectivity index (χ1) is 7.40. The second kappa shape index (κ2) is 3.93. The first kappa shape index (κ1) is 9.33. The molecule has 82 valence electrons. The molecule has 0 saturated heterocycles. The van der Waals surface area contributed by atoms with Gasteiger partial charge in [0.15, 0.2) is 0 Å². The molecule has 0 radical (unpaired) electrons. The largest absolute Gasteiger partial charge is 0.308 e. The smallest absolute Gasteiger partial charge is 0.0964 e. The van der Waals surface area contributed by atoms with Crippen LogP contribution in [0.15, 0.2) is 6.20 Å². The van der Waals surface area contributed by atoms with E-state index >= 15 is 0 Å². The number of hydrogen-bond acceptors (Lipinski definition) is 3. The predicted molar refractivity (Wildman–Crippen MR) is 57.2 cm³/mol. The van der Waals surface area contributed by atoms with Gasteiger partial charge in [-0.2, -0.15) is 0 Å². The minimum Gasteiger partial charge on any atom is -0.308 e. The van der Waals surface area contributed by atoms with E-state index in [-0.39, 0.29) is 0 Å².